The van der Waals surface area contributed by atoms with Crippen molar-refractivity contribution in [3.8, 4) is 17.2 Å². The van der Waals surface area contributed by atoms with Crippen LogP contribution in [0.15, 0.2) is 18.2 Å². The third-order valence-corrected chi connectivity index (χ3v) is 6.07. The van der Waals surface area contributed by atoms with Gasteiger partial charge in [0.1, 0.15) is 13.2 Å². The first-order chi connectivity index (χ1) is 13.1. The van der Waals surface area contributed by atoms with Gasteiger partial charge in [0.15, 0.2) is 17.2 Å². The third-order valence-electron chi connectivity index (χ3n) is 6.07. The van der Waals surface area contributed by atoms with E-state index in [1.165, 1.54) is 0 Å². The Kier molecular flexibility index (Phi) is 3.82. The fourth-order valence-electron chi connectivity index (χ4n) is 4.56. The van der Waals surface area contributed by atoms with Crippen molar-refractivity contribution in [2.75, 3.05) is 26.3 Å². The van der Waals surface area contributed by atoms with E-state index < -0.39 is 0 Å². The molecule has 1 amide bonds. The predicted molar refractivity (Wildman–Crippen MR) is 97.2 cm³/mol. The van der Waals surface area contributed by atoms with E-state index >= 15 is 0 Å². The van der Waals surface area contributed by atoms with Gasteiger partial charge in [0.05, 0.1) is 11.4 Å². The van der Waals surface area contributed by atoms with Crippen molar-refractivity contribution < 1.29 is 14.3 Å². The lowest BCUT2D eigenvalue weighted by Gasteiger charge is -2.19. The minimum Gasteiger partial charge on any atom is -0.486 e. The lowest BCUT2D eigenvalue weighted by molar-refractivity contribution is 0.0773. The van der Waals surface area contributed by atoms with Crippen LogP contribution in [0.5, 0.6) is 11.5 Å². The van der Waals surface area contributed by atoms with Crippen molar-refractivity contribution in [1.29, 1.82) is 0 Å². The van der Waals surface area contributed by atoms with Crippen LogP contribution in [0.25, 0.3) is 5.69 Å². The molecule has 3 atom stereocenters. The summed E-state index contributed by atoms with van der Waals surface area (Å²) in [5.74, 6) is 2.29. The number of likely N-dealkylation sites (tertiary alicyclic amines) is 1. The van der Waals surface area contributed by atoms with Gasteiger partial charge in [-0.2, -0.15) is 0 Å². The third kappa shape index (κ3) is 2.66. The number of hydrogen-bond acceptors (Lipinski definition) is 6. The van der Waals surface area contributed by atoms with E-state index in [9.17, 15) is 4.79 Å². The number of carbonyl (C=O) groups excluding carboxylic acids is 1. The molecule has 27 heavy (non-hydrogen) atoms. The number of ether oxygens (including phenoxy) is 2. The van der Waals surface area contributed by atoms with Crippen LogP contribution in [-0.2, 0) is 0 Å². The maximum absolute atomic E-state index is 13.0. The zero-order chi connectivity index (χ0) is 18.5. The second kappa shape index (κ2) is 6.23. The first-order valence-electron chi connectivity index (χ1n) is 9.49. The highest BCUT2D eigenvalue weighted by molar-refractivity contribution is 5.93. The average Bonchev–Trinajstić information content (AvgIpc) is 3.37. The average molecular weight is 369 g/mol. The van der Waals surface area contributed by atoms with Gasteiger partial charge < -0.3 is 20.1 Å². The fourth-order valence-corrected chi connectivity index (χ4v) is 4.56. The summed E-state index contributed by atoms with van der Waals surface area (Å²) >= 11 is 0. The first-order valence-corrected chi connectivity index (χ1v) is 9.49. The molecule has 0 radical (unpaired) electrons. The second-order valence-corrected chi connectivity index (χ2v) is 7.64. The summed E-state index contributed by atoms with van der Waals surface area (Å²) in [6.45, 7) is 4.44. The number of fused-ring (bicyclic) bond motifs is 2. The molecule has 3 heterocycles. The van der Waals surface area contributed by atoms with Crippen molar-refractivity contribution in [2.24, 2.45) is 17.6 Å². The number of nitrogens with two attached hydrogens (primary N) is 1. The molecule has 1 aromatic heterocycles. The van der Waals surface area contributed by atoms with Crippen LogP contribution in [0, 0.1) is 18.8 Å². The van der Waals surface area contributed by atoms with E-state index in [4.69, 9.17) is 15.2 Å². The van der Waals surface area contributed by atoms with Gasteiger partial charge in [0, 0.05) is 25.2 Å². The van der Waals surface area contributed by atoms with Crippen LogP contribution in [-0.4, -0.2) is 58.1 Å². The zero-order valence-corrected chi connectivity index (χ0v) is 15.3. The molecule has 8 heteroatoms. The summed E-state index contributed by atoms with van der Waals surface area (Å²) < 4.78 is 12.9. The van der Waals surface area contributed by atoms with E-state index in [2.05, 4.69) is 10.3 Å². The second-order valence-electron chi connectivity index (χ2n) is 7.64. The lowest BCUT2D eigenvalue weighted by Crippen LogP contribution is -2.34. The number of rotatable bonds is 2. The Morgan fingerprint density at radius 1 is 1.19 bits per heavy atom. The van der Waals surface area contributed by atoms with Gasteiger partial charge in [0.2, 0.25) is 0 Å². The quantitative estimate of drug-likeness (QED) is 0.853. The van der Waals surface area contributed by atoms with Gasteiger partial charge >= 0.3 is 0 Å². The molecule has 142 valence electrons. The Balaban J connectivity index is 1.40. The zero-order valence-electron chi connectivity index (χ0n) is 15.3. The highest BCUT2D eigenvalue weighted by Gasteiger charge is 2.43. The fraction of sp³-hybridized carbons (Fsp3) is 0.526. The van der Waals surface area contributed by atoms with E-state index in [1.54, 1.807) is 4.68 Å². The molecule has 1 saturated heterocycles. The van der Waals surface area contributed by atoms with Crippen LogP contribution >= 0.6 is 0 Å². The van der Waals surface area contributed by atoms with E-state index in [-0.39, 0.29) is 11.9 Å². The molecular formula is C19H23N5O3. The molecule has 5 rings (SSSR count). The van der Waals surface area contributed by atoms with E-state index in [0.29, 0.717) is 36.5 Å². The van der Waals surface area contributed by atoms with Gasteiger partial charge in [-0.1, -0.05) is 5.21 Å². The molecule has 2 fully saturated rings. The molecule has 3 aliphatic rings. The highest BCUT2D eigenvalue weighted by Crippen LogP contribution is 2.38. The van der Waals surface area contributed by atoms with Crippen LogP contribution in [0.2, 0.25) is 0 Å². The largest absolute Gasteiger partial charge is 0.486 e. The lowest BCUT2D eigenvalue weighted by atomic mass is 9.98. The Hall–Kier alpha value is -2.61. The minimum absolute atomic E-state index is 0.0575. The number of nitrogens with zero attached hydrogens (tertiary/aromatic N) is 4. The summed E-state index contributed by atoms with van der Waals surface area (Å²) in [6.07, 6.45) is 2.18. The first kappa shape index (κ1) is 16.6. The predicted octanol–water partition coefficient (Wildman–Crippen LogP) is 1.16. The molecule has 3 unspecified atom stereocenters. The van der Waals surface area contributed by atoms with Crippen molar-refractivity contribution in [2.45, 2.75) is 25.8 Å². The normalized spacial score (nSPS) is 26.3. The SMILES string of the molecule is Cc1c(C(=O)N2CC3CCC(N)C3C2)nnn1-c1ccc2c(c1)OCCO2. The molecular weight excluding hydrogens is 346 g/mol. The molecule has 2 N–H and O–H groups in total. The van der Waals surface area contributed by atoms with Crippen molar-refractivity contribution in [1.82, 2.24) is 19.9 Å². The van der Waals surface area contributed by atoms with Gasteiger partial charge in [-0.05, 0) is 43.7 Å². The number of benzene rings is 1. The monoisotopic (exact) mass is 369 g/mol. The minimum atomic E-state index is -0.0575. The Bertz CT molecular complexity index is 895. The van der Waals surface area contributed by atoms with Crippen molar-refractivity contribution >= 4 is 5.91 Å². The molecule has 0 spiro atoms. The van der Waals surface area contributed by atoms with Crippen LogP contribution in [0.4, 0.5) is 0 Å². The maximum Gasteiger partial charge on any atom is 0.276 e. The summed E-state index contributed by atoms with van der Waals surface area (Å²) in [4.78, 5) is 14.9. The highest BCUT2D eigenvalue weighted by atomic mass is 16.6. The summed E-state index contributed by atoms with van der Waals surface area (Å²) in [5.41, 5.74) is 8.11. The van der Waals surface area contributed by atoms with Crippen LogP contribution in [0.3, 0.4) is 0 Å². The molecule has 2 aromatic rings. The Labute approximate surface area is 157 Å². The van der Waals surface area contributed by atoms with Gasteiger partial charge in [0.25, 0.3) is 5.91 Å². The Morgan fingerprint density at radius 2 is 2.00 bits per heavy atom. The summed E-state index contributed by atoms with van der Waals surface area (Å²) in [6, 6.07) is 5.82. The maximum atomic E-state index is 13.0. The summed E-state index contributed by atoms with van der Waals surface area (Å²) in [7, 11) is 0. The van der Waals surface area contributed by atoms with Crippen LogP contribution in [0.1, 0.15) is 29.0 Å². The molecule has 1 saturated carbocycles. The molecule has 0 bridgehead atoms. The van der Waals surface area contributed by atoms with Crippen LogP contribution < -0.4 is 15.2 Å². The van der Waals surface area contributed by atoms with Crippen molar-refractivity contribution in [3.05, 3.63) is 29.6 Å². The molecule has 8 nitrogen and oxygen atoms in total. The van der Waals surface area contributed by atoms with E-state index in [1.807, 2.05) is 30.0 Å². The number of amides is 1. The molecule has 2 aliphatic heterocycles. The number of aromatic nitrogens is 3. The number of hydrogen-bond donors (Lipinski definition) is 1. The topological polar surface area (TPSA) is 95.5 Å². The van der Waals surface area contributed by atoms with Gasteiger partial charge in [-0.25, -0.2) is 4.68 Å². The smallest absolute Gasteiger partial charge is 0.276 e. The molecule has 1 aromatic carbocycles. The van der Waals surface area contributed by atoms with Crippen molar-refractivity contribution in [3.63, 3.8) is 0 Å². The molecule has 1 aliphatic carbocycles. The standard InChI is InChI=1S/C19H23N5O3/c1-11-18(19(25)23-9-12-2-4-15(20)14(12)10-23)21-22-24(11)13-3-5-16-17(8-13)27-7-6-26-16/h3,5,8,12,14-15H,2,4,6-7,9-10,20H2,1H3. The van der Waals surface area contributed by atoms with E-state index in [0.717, 1.165) is 43.1 Å². The van der Waals surface area contributed by atoms with Gasteiger partial charge in [-0.3, -0.25) is 4.79 Å². The number of carbonyl (C=O) groups is 1. The van der Waals surface area contributed by atoms with Gasteiger partial charge in [-0.15, -0.1) is 5.10 Å². The summed E-state index contributed by atoms with van der Waals surface area (Å²) in [5, 5.41) is 8.39. The Morgan fingerprint density at radius 3 is 2.81 bits per heavy atom.